The summed E-state index contributed by atoms with van der Waals surface area (Å²) in [5.74, 6) is 0.854. The third-order valence-electron chi connectivity index (χ3n) is 5.04. The van der Waals surface area contributed by atoms with Crippen molar-refractivity contribution in [1.82, 2.24) is 9.97 Å². The van der Waals surface area contributed by atoms with Crippen molar-refractivity contribution in [3.8, 4) is 11.6 Å². The van der Waals surface area contributed by atoms with Gasteiger partial charge in [0.1, 0.15) is 5.75 Å². The number of aromatic nitrogens is 2. The molecule has 0 unspecified atom stereocenters. The first-order valence-corrected chi connectivity index (χ1v) is 9.46. The number of nitrogens with one attached hydrogen (secondary N) is 1. The molecule has 1 aliphatic rings. The van der Waals surface area contributed by atoms with Gasteiger partial charge in [0, 0.05) is 34.1 Å². The summed E-state index contributed by atoms with van der Waals surface area (Å²) in [4.78, 5) is 7.02. The van der Waals surface area contributed by atoms with Crippen molar-refractivity contribution < 1.29 is 9.84 Å². The fourth-order valence-electron chi connectivity index (χ4n) is 3.49. The van der Waals surface area contributed by atoms with Gasteiger partial charge < -0.3 is 14.8 Å². The van der Waals surface area contributed by atoms with Crippen LogP contribution in [0.1, 0.15) is 11.1 Å². The van der Waals surface area contributed by atoms with Crippen LogP contribution < -0.4 is 15.2 Å². The van der Waals surface area contributed by atoms with Crippen molar-refractivity contribution in [3.05, 3.63) is 88.6 Å². The van der Waals surface area contributed by atoms with E-state index in [1.807, 2.05) is 66.8 Å². The highest BCUT2D eigenvalue weighted by atomic mass is 16.5. The van der Waals surface area contributed by atoms with Gasteiger partial charge in [-0.05, 0) is 65.4 Å². The Bertz CT molecular complexity index is 1430. The van der Waals surface area contributed by atoms with Gasteiger partial charge in [-0.3, -0.25) is 4.98 Å². The van der Waals surface area contributed by atoms with E-state index in [0.717, 1.165) is 44.0 Å². The van der Waals surface area contributed by atoms with Crippen molar-refractivity contribution in [2.75, 3.05) is 7.11 Å². The third kappa shape index (κ3) is 3.24. The zero-order valence-corrected chi connectivity index (χ0v) is 16.2. The monoisotopic (exact) mass is 394 g/mol. The van der Waals surface area contributed by atoms with Gasteiger partial charge in [-0.1, -0.05) is 12.1 Å². The molecule has 0 fully saturated rings. The van der Waals surface area contributed by atoms with Gasteiger partial charge in [0.25, 0.3) is 0 Å². The molecular weight excluding hydrogens is 376 g/mol. The number of hydrogen-bond donors (Lipinski definition) is 2. The fourth-order valence-corrected chi connectivity index (χ4v) is 3.49. The number of rotatable bonds is 4. The molecule has 0 saturated heterocycles. The number of methoxy groups -OCH3 is 1. The molecule has 5 rings (SSSR count). The van der Waals surface area contributed by atoms with Gasteiger partial charge in [0.2, 0.25) is 0 Å². The second-order valence-electron chi connectivity index (χ2n) is 6.92. The molecule has 1 aliphatic heterocycles. The molecular formula is C24H18N4O2. The highest BCUT2D eigenvalue weighted by Gasteiger charge is 2.10. The molecule has 0 saturated carbocycles. The van der Waals surface area contributed by atoms with Gasteiger partial charge in [0.05, 0.1) is 18.5 Å². The Balaban J connectivity index is 1.56. The van der Waals surface area contributed by atoms with Crippen LogP contribution in [0, 0.1) is 0 Å². The number of fused-ring (bicyclic) bond motifs is 2. The zero-order valence-electron chi connectivity index (χ0n) is 16.2. The highest BCUT2D eigenvalue weighted by molar-refractivity contribution is 5.92. The Morgan fingerprint density at radius 3 is 2.67 bits per heavy atom. The van der Waals surface area contributed by atoms with E-state index in [-0.39, 0.29) is 5.88 Å². The third-order valence-corrected chi connectivity index (χ3v) is 5.04. The number of aromatic amines is 1. The van der Waals surface area contributed by atoms with Crippen LogP contribution in [0.2, 0.25) is 0 Å². The lowest BCUT2D eigenvalue weighted by Crippen LogP contribution is -2.08. The van der Waals surface area contributed by atoms with Gasteiger partial charge in [-0.25, -0.2) is 0 Å². The van der Waals surface area contributed by atoms with Crippen LogP contribution in [0.4, 0.5) is 5.69 Å². The van der Waals surface area contributed by atoms with E-state index in [9.17, 15) is 5.11 Å². The summed E-state index contributed by atoms with van der Waals surface area (Å²) >= 11 is 0. The SMILES string of the molecule is COc1ccc2[nH]c(O)c(/C=c3\ccc4c(c3)N=NC=4/C=C/c3ccncc3)c2c1. The fraction of sp³-hybridized carbons (Fsp3) is 0.0417. The molecule has 6 heteroatoms. The van der Waals surface area contributed by atoms with E-state index >= 15 is 0 Å². The van der Waals surface area contributed by atoms with Crippen LogP contribution in [0.3, 0.4) is 0 Å². The minimum Gasteiger partial charge on any atom is -0.497 e. The maximum atomic E-state index is 10.4. The minimum absolute atomic E-state index is 0.118. The maximum absolute atomic E-state index is 10.4. The minimum atomic E-state index is 0.118. The van der Waals surface area contributed by atoms with Crippen LogP contribution in [0.5, 0.6) is 11.6 Å². The average Bonchev–Trinajstić information content (AvgIpc) is 3.32. The molecule has 0 amide bonds. The van der Waals surface area contributed by atoms with E-state index in [1.54, 1.807) is 19.5 Å². The Kier molecular flexibility index (Phi) is 4.37. The van der Waals surface area contributed by atoms with E-state index in [2.05, 4.69) is 20.2 Å². The zero-order chi connectivity index (χ0) is 20.5. The molecule has 0 bridgehead atoms. The summed E-state index contributed by atoms with van der Waals surface area (Å²) in [5.41, 5.74) is 4.22. The summed E-state index contributed by atoms with van der Waals surface area (Å²) in [6.45, 7) is 0. The Hall–Kier alpha value is -4.19. The first-order chi connectivity index (χ1) is 14.7. The van der Waals surface area contributed by atoms with Gasteiger partial charge in [-0.15, -0.1) is 10.2 Å². The van der Waals surface area contributed by atoms with Crippen molar-refractivity contribution in [3.63, 3.8) is 0 Å². The lowest BCUT2D eigenvalue weighted by atomic mass is 10.1. The van der Waals surface area contributed by atoms with E-state index in [4.69, 9.17) is 4.74 Å². The van der Waals surface area contributed by atoms with Gasteiger partial charge in [0.15, 0.2) is 5.88 Å². The Labute approximate surface area is 172 Å². The van der Waals surface area contributed by atoms with Crippen LogP contribution >= 0.6 is 0 Å². The first-order valence-electron chi connectivity index (χ1n) is 9.46. The number of aromatic hydroxyl groups is 1. The first kappa shape index (κ1) is 17.9. The summed E-state index contributed by atoms with van der Waals surface area (Å²) < 4.78 is 5.31. The molecule has 0 spiro atoms. The highest BCUT2D eigenvalue weighted by Crippen LogP contribution is 2.30. The lowest BCUT2D eigenvalue weighted by Gasteiger charge is -1.99. The van der Waals surface area contributed by atoms with E-state index in [0.29, 0.717) is 5.56 Å². The molecule has 146 valence electrons. The summed E-state index contributed by atoms with van der Waals surface area (Å²) in [7, 11) is 1.62. The molecule has 3 heterocycles. The molecule has 0 radical (unpaired) electrons. The average molecular weight is 394 g/mol. The normalized spacial score (nSPS) is 13.5. The molecule has 2 N–H and O–H groups in total. The number of benzene rings is 2. The number of nitrogens with zero attached hydrogens (tertiary/aromatic N) is 3. The van der Waals surface area contributed by atoms with Crippen molar-refractivity contribution in [1.29, 1.82) is 0 Å². The number of ether oxygens (including phenoxy) is 1. The summed E-state index contributed by atoms with van der Waals surface area (Å²) in [6, 6.07) is 15.5. The van der Waals surface area contributed by atoms with Crippen LogP contribution in [-0.2, 0) is 0 Å². The molecule has 2 aromatic carbocycles. The molecule has 0 atom stereocenters. The number of azo groups is 1. The van der Waals surface area contributed by atoms with Crippen molar-refractivity contribution in [2.24, 2.45) is 10.2 Å². The summed E-state index contributed by atoms with van der Waals surface area (Å²) in [6.07, 6.45) is 9.38. The quantitative estimate of drug-likeness (QED) is 0.548. The Morgan fingerprint density at radius 1 is 0.967 bits per heavy atom. The predicted molar refractivity (Wildman–Crippen MR) is 117 cm³/mol. The van der Waals surface area contributed by atoms with Crippen LogP contribution in [0.15, 0.2) is 77.2 Å². The molecule has 30 heavy (non-hydrogen) atoms. The number of hydrogen-bond acceptors (Lipinski definition) is 5. The second-order valence-corrected chi connectivity index (χ2v) is 6.92. The molecule has 6 nitrogen and oxygen atoms in total. The summed E-state index contributed by atoms with van der Waals surface area (Å²) in [5, 5.41) is 21.8. The predicted octanol–water partition coefficient (Wildman–Crippen LogP) is 4.02. The van der Waals surface area contributed by atoms with Gasteiger partial charge >= 0.3 is 0 Å². The largest absolute Gasteiger partial charge is 0.497 e. The van der Waals surface area contributed by atoms with Crippen molar-refractivity contribution >= 4 is 34.4 Å². The van der Waals surface area contributed by atoms with Crippen LogP contribution in [0.25, 0.3) is 28.8 Å². The number of pyridine rings is 1. The molecule has 4 aromatic rings. The molecule has 2 aromatic heterocycles. The lowest BCUT2D eigenvalue weighted by molar-refractivity contribution is 0.415. The van der Waals surface area contributed by atoms with Crippen molar-refractivity contribution in [2.45, 2.75) is 0 Å². The maximum Gasteiger partial charge on any atom is 0.196 e. The topological polar surface area (TPSA) is 82.9 Å². The van der Waals surface area contributed by atoms with E-state index in [1.165, 1.54) is 0 Å². The van der Waals surface area contributed by atoms with Crippen LogP contribution in [-0.4, -0.2) is 22.2 Å². The second kappa shape index (κ2) is 7.33. The Morgan fingerprint density at radius 2 is 1.83 bits per heavy atom. The molecule has 0 aliphatic carbocycles. The number of H-pyrrole nitrogens is 1. The van der Waals surface area contributed by atoms with E-state index < -0.39 is 0 Å². The smallest absolute Gasteiger partial charge is 0.196 e. The standard InChI is InChI=1S/C24H18N4O2/c1-30-17-4-7-21-19(14-17)20(24(29)26-21)12-16-2-5-18-22(27-28-23(18)13-16)6-3-15-8-10-25-11-9-15/h2-14,26,29H,1H3/b6-3+,16-12+. The van der Waals surface area contributed by atoms with Gasteiger partial charge in [-0.2, -0.15) is 0 Å².